The fourth-order valence-corrected chi connectivity index (χ4v) is 2.88. The van der Waals surface area contributed by atoms with Crippen molar-refractivity contribution < 1.29 is 17.2 Å². The molecule has 0 spiro atoms. The Morgan fingerprint density at radius 2 is 1.80 bits per heavy atom. The molecule has 1 aromatic carbocycles. The summed E-state index contributed by atoms with van der Waals surface area (Å²) >= 11 is 0. The number of nitrogens with one attached hydrogen (secondary N) is 1. The first-order chi connectivity index (χ1) is 9.45. The number of anilines is 1. The van der Waals surface area contributed by atoms with Gasteiger partial charge in [0.05, 0.1) is 5.69 Å². The number of nitrogens with zero attached hydrogens (tertiary/aromatic N) is 1. The Kier molecular flexibility index (Phi) is 3.96. The zero-order valence-corrected chi connectivity index (χ0v) is 11.0. The van der Waals surface area contributed by atoms with E-state index in [1.54, 1.807) is 0 Å². The van der Waals surface area contributed by atoms with E-state index in [0.29, 0.717) is 0 Å². The molecule has 2 rings (SSSR count). The summed E-state index contributed by atoms with van der Waals surface area (Å²) in [6, 6.07) is 5.70. The smallest absolute Gasteiger partial charge is 0.263 e. The highest BCUT2D eigenvalue weighted by atomic mass is 32.2. The monoisotopic (exact) mass is 299 g/mol. The lowest BCUT2D eigenvalue weighted by atomic mass is 10.3. The summed E-state index contributed by atoms with van der Waals surface area (Å²) in [5.74, 6) is -2.02. The van der Waals surface area contributed by atoms with Crippen molar-refractivity contribution in [2.45, 2.75) is 11.4 Å². The lowest BCUT2D eigenvalue weighted by molar-refractivity contribution is 0.582. The quantitative estimate of drug-likeness (QED) is 0.898. The Labute approximate surface area is 114 Å². The molecule has 0 aliphatic rings. The van der Waals surface area contributed by atoms with E-state index in [1.165, 1.54) is 18.3 Å². The Balaban J connectivity index is 2.47. The maximum absolute atomic E-state index is 13.5. The Hall–Kier alpha value is -2.06. The summed E-state index contributed by atoms with van der Waals surface area (Å²) in [6.07, 6.45) is 1.38. The number of hydrogen-bond donors (Lipinski definition) is 2. The van der Waals surface area contributed by atoms with Crippen LogP contribution in [0.3, 0.4) is 0 Å². The van der Waals surface area contributed by atoms with Crippen LogP contribution in [0.25, 0.3) is 0 Å². The number of rotatable bonds is 4. The number of para-hydroxylation sites is 1. The minimum atomic E-state index is -4.17. The van der Waals surface area contributed by atoms with Gasteiger partial charge in [-0.3, -0.25) is 9.71 Å². The normalized spacial score (nSPS) is 11.3. The van der Waals surface area contributed by atoms with E-state index < -0.39 is 27.3 Å². The van der Waals surface area contributed by atoms with Gasteiger partial charge in [0, 0.05) is 12.7 Å². The van der Waals surface area contributed by atoms with Crippen LogP contribution in [0.5, 0.6) is 0 Å². The van der Waals surface area contributed by atoms with Crippen molar-refractivity contribution in [2.24, 2.45) is 5.73 Å². The molecule has 8 heteroatoms. The first-order valence-electron chi connectivity index (χ1n) is 5.56. The third kappa shape index (κ3) is 2.75. The van der Waals surface area contributed by atoms with Crippen LogP contribution in [0.2, 0.25) is 0 Å². The number of benzene rings is 1. The van der Waals surface area contributed by atoms with Gasteiger partial charge in [0.1, 0.15) is 22.2 Å². The highest BCUT2D eigenvalue weighted by Crippen LogP contribution is 2.23. The summed E-state index contributed by atoms with van der Waals surface area (Å²) in [5.41, 5.74) is 4.77. The number of pyridine rings is 1. The molecule has 0 atom stereocenters. The predicted octanol–water partition coefficient (Wildman–Crippen LogP) is 1.62. The van der Waals surface area contributed by atoms with Crippen LogP contribution in [0.15, 0.2) is 41.4 Å². The largest absolute Gasteiger partial charge is 0.325 e. The third-order valence-corrected chi connectivity index (χ3v) is 3.95. The molecule has 0 amide bonds. The van der Waals surface area contributed by atoms with E-state index in [0.717, 1.165) is 18.2 Å². The molecule has 20 heavy (non-hydrogen) atoms. The zero-order valence-electron chi connectivity index (χ0n) is 10.2. The lowest BCUT2D eigenvalue weighted by Gasteiger charge is -2.11. The molecule has 0 aliphatic heterocycles. The van der Waals surface area contributed by atoms with Gasteiger partial charge >= 0.3 is 0 Å². The molecule has 0 unspecified atom stereocenters. The average Bonchev–Trinajstić information content (AvgIpc) is 2.43. The van der Waals surface area contributed by atoms with E-state index in [-0.39, 0.29) is 17.1 Å². The van der Waals surface area contributed by atoms with E-state index in [9.17, 15) is 17.2 Å². The summed E-state index contributed by atoms with van der Waals surface area (Å²) in [4.78, 5) is 3.60. The van der Waals surface area contributed by atoms with Gasteiger partial charge in [-0.2, -0.15) is 0 Å². The van der Waals surface area contributed by atoms with Crippen molar-refractivity contribution in [2.75, 3.05) is 4.72 Å². The van der Waals surface area contributed by atoms with Crippen molar-refractivity contribution in [1.82, 2.24) is 4.98 Å². The van der Waals surface area contributed by atoms with Gasteiger partial charge < -0.3 is 5.73 Å². The van der Waals surface area contributed by atoms with Crippen molar-refractivity contribution >= 4 is 15.7 Å². The molecule has 2 aromatic rings. The first kappa shape index (κ1) is 14.4. The van der Waals surface area contributed by atoms with Crippen LogP contribution >= 0.6 is 0 Å². The SMILES string of the molecule is NCc1ncccc1S(=O)(=O)Nc1c(F)cccc1F. The maximum Gasteiger partial charge on any atom is 0.263 e. The van der Waals surface area contributed by atoms with Gasteiger partial charge in [-0.15, -0.1) is 0 Å². The van der Waals surface area contributed by atoms with Crippen LogP contribution in [0, 0.1) is 11.6 Å². The molecule has 0 saturated carbocycles. The number of nitrogens with two attached hydrogens (primary N) is 1. The lowest BCUT2D eigenvalue weighted by Crippen LogP contribution is -2.18. The summed E-state index contributed by atoms with van der Waals surface area (Å²) in [5, 5.41) is 0. The Morgan fingerprint density at radius 1 is 1.15 bits per heavy atom. The van der Waals surface area contributed by atoms with Crippen LogP contribution in [0.4, 0.5) is 14.5 Å². The average molecular weight is 299 g/mol. The molecule has 5 nitrogen and oxygen atoms in total. The summed E-state index contributed by atoms with van der Waals surface area (Å²) in [6.45, 7) is -0.114. The van der Waals surface area contributed by atoms with E-state index in [1.807, 2.05) is 4.72 Å². The number of aromatic nitrogens is 1. The van der Waals surface area contributed by atoms with Crippen molar-refractivity contribution in [3.8, 4) is 0 Å². The summed E-state index contributed by atoms with van der Waals surface area (Å²) in [7, 11) is -4.17. The number of hydrogen-bond acceptors (Lipinski definition) is 4. The van der Waals surface area contributed by atoms with E-state index >= 15 is 0 Å². The van der Waals surface area contributed by atoms with Crippen molar-refractivity contribution in [1.29, 1.82) is 0 Å². The Morgan fingerprint density at radius 3 is 2.40 bits per heavy atom. The van der Waals surface area contributed by atoms with E-state index in [2.05, 4.69) is 4.98 Å². The van der Waals surface area contributed by atoms with Gasteiger partial charge in [0.15, 0.2) is 0 Å². The topological polar surface area (TPSA) is 85.1 Å². The second-order valence-corrected chi connectivity index (χ2v) is 5.51. The second-order valence-electron chi connectivity index (χ2n) is 3.85. The molecule has 1 heterocycles. The highest BCUT2D eigenvalue weighted by Gasteiger charge is 2.21. The summed E-state index contributed by atoms with van der Waals surface area (Å²) < 4.78 is 53.1. The third-order valence-electron chi connectivity index (χ3n) is 2.53. The van der Waals surface area contributed by atoms with Gasteiger partial charge in [0.2, 0.25) is 0 Å². The standard InChI is InChI=1S/C12H11F2N3O2S/c13-8-3-1-4-9(14)12(8)17-20(18,19)11-5-2-6-16-10(11)7-15/h1-6,17H,7,15H2. The first-order valence-corrected chi connectivity index (χ1v) is 7.05. The zero-order chi connectivity index (χ0) is 14.8. The minimum Gasteiger partial charge on any atom is -0.325 e. The molecule has 1 aromatic heterocycles. The fraction of sp³-hybridized carbons (Fsp3) is 0.0833. The van der Waals surface area contributed by atoms with Crippen LogP contribution in [-0.2, 0) is 16.6 Å². The molecule has 0 radical (unpaired) electrons. The van der Waals surface area contributed by atoms with Gasteiger partial charge in [-0.25, -0.2) is 17.2 Å². The maximum atomic E-state index is 13.5. The van der Waals surface area contributed by atoms with Crippen LogP contribution in [-0.4, -0.2) is 13.4 Å². The molecular weight excluding hydrogens is 288 g/mol. The Bertz CT molecular complexity index is 715. The van der Waals surface area contributed by atoms with Gasteiger partial charge in [0.25, 0.3) is 10.0 Å². The second kappa shape index (κ2) is 5.51. The van der Waals surface area contributed by atoms with Crippen molar-refractivity contribution in [3.05, 3.63) is 53.9 Å². The van der Waals surface area contributed by atoms with Crippen LogP contribution < -0.4 is 10.5 Å². The molecule has 0 saturated heterocycles. The van der Waals surface area contributed by atoms with Crippen LogP contribution in [0.1, 0.15) is 5.69 Å². The minimum absolute atomic E-state index is 0.108. The molecule has 0 fully saturated rings. The molecule has 0 aliphatic carbocycles. The van der Waals surface area contributed by atoms with Crippen molar-refractivity contribution in [3.63, 3.8) is 0 Å². The van der Waals surface area contributed by atoms with E-state index in [4.69, 9.17) is 5.73 Å². The van der Waals surface area contributed by atoms with Gasteiger partial charge in [-0.1, -0.05) is 6.07 Å². The molecule has 106 valence electrons. The predicted molar refractivity (Wildman–Crippen MR) is 69.3 cm³/mol. The number of sulfonamides is 1. The highest BCUT2D eigenvalue weighted by molar-refractivity contribution is 7.92. The molecule has 0 bridgehead atoms. The number of halogens is 2. The van der Waals surface area contributed by atoms with Gasteiger partial charge in [-0.05, 0) is 24.3 Å². The molecular formula is C12H11F2N3O2S. The fourth-order valence-electron chi connectivity index (χ4n) is 1.61. The molecule has 3 N–H and O–H groups in total.